The van der Waals surface area contributed by atoms with E-state index in [1.54, 1.807) is 36.6 Å². The van der Waals surface area contributed by atoms with E-state index in [-0.39, 0.29) is 73.6 Å². The van der Waals surface area contributed by atoms with Crippen LogP contribution in [0.3, 0.4) is 0 Å². The van der Waals surface area contributed by atoms with Gasteiger partial charge in [-0.15, -0.1) is 0 Å². The molecule has 4 amide bonds. The van der Waals surface area contributed by atoms with Gasteiger partial charge in [0.05, 0.1) is 46.6 Å². The van der Waals surface area contributed by atoms with Gasteiger partial charge in [-0.1, -0.05) is 55.5 Å². The Kier molecular flexibility index (Phi) is 11.5. The van der Waals surface area contributed by atoms with Crippen molar-refractivity contribution in [2.24, 2.45) is 5.73 Å². The average Bonchev–Trinajstić information content (AvgIpc) is 3.87. The molecule has 4 aliphatic rings. The van der Waals surface area contributed by atoms with Crippen molar-refractivity contribution in [1.29, 1.82) is 0 Å². The zero-order chi connectivity index (χ0) is 47.4. The number of ether oxygens (including phenoxy) is 2. The van der Waals surface area contributed by atoms with Crippen LogP contribution in [0, 0.1) is 12.7 Å². The summed E-state index contributed by atoms with van der Waals surface area (Å²) in [6.45, 7) is 3.92. The van der Waals surface area contributed by atoms with Crippen LogP contribution in [0.25, 0.3) is 33.4 Å². The first-order chi connectivity index (χ1) is 32.8. The number of fused-ring (bicyclic) bond motifs is 8. The molecule has 2 aliphatic carbocycles. The van der Waals surface area contributed by atoms with Gasteiger partial charge in [-0.2, -0.15) is 0 Å². The van der Waals surface area contributed by atoms with Gasteiger partial charge in [-0.25, -0.2) is 23.8 Å². The number of hydrogen-bond donors (Lipinski definition) is 6. The number of aryl methyl sites for hydroxylation is 1. The molecule has 0 fully saturated rings. The Labute approximate surface area is 389 Å². The summed E-state index contributed by atoms with van der Waals surface area (Å²) in [7, 11) is 0. The van der Waals surface area contributed by atoms with Crippen molar-refractivity contribution in [3.63, 3.8) is 0 Å². The number of nitrogens with one attached hydrogen (secondary N) is 4. The first-order valence-corrected chi connectivity index (χ1v) is 22.8. The molecule has 3 atom stereocenters. The van der Waals surface area contributed by atoms with Gasteiger partial charge in [-0.3, -0.25) is 14.6 Å². The Balaban J connectivity index is 0.848. The maximum absolute atomic E-state index is 15.4. The van der Waals surface area contributed by atoms with Crippen LogP contribution in [0.15, 0.2) is 83.8 Å². The summed E-state index contributed by atoms with van der Waals surface area (Å²) in [4.78, 5) is 74.7. The fourth-order valence-electron chi connectivity index (χ4n) is 10.4. The third-order valence-electron chi connectivity index (χ3n) is 13.9. The lowest BCUT2D eigenvalue weighted by atomic mass is 9.81. The first-order valence-electron chi connectivity index (χ1n) is 22.8. The Morgan fingerprint density at radius 1 is 1.03 bits per heavy atom. The number of aromatic nitrogens is 3. The van der Waals surface area contributed by atoms with Crippen molar-refractivity contribution in [2.45, 2.75) is 89.3 Å². The number of anilines is 1. The van der Waals surface area contributed by atoms with Crippen LogP contribution in [0.5, 0.6) is 0 Å². The summed E-state index contributed by atoms with van der Waals surface area (Å²) in [6.07, 6.45) is 2.47. The van der Waals surface area contributed by atoms with Gasteiger partial charge in [0.1, 0.15) is 25.1 Å². The van der Waals surface area contributed by atoms with Gasteiger partial charge in [-0.05, 0) is 96.2 Å². The van der Waals surface area contributed by atoms with Crippen LogP contribution in [-0.4, -0.2) is 62.8 Å². The molecule has 0 saturated heterocycles. The SMILES string of the molecule is CC[C@@]1(O)C(=O)OCc2c1cc1n(c2=O)Cc2c-1nc1cc(F)c(C)c3c1c2[C@@H](NCc1ccc(NC(=O)[C@H](CCCNC(N)=O)NC(=O)OCC2c4ccccc4-c4ccccc42)cn1)CC3. The van der Waals surface area contributed by atoms with Crippen LogP contribution >= 0.6 is 0 Å². The van der Waals surface area contributed by atoms with E-state index in [4.69, 9.17) is 20.2 Å². The molecule has 68 heavy (non-hydrogen) atoms. The summed E-state index contributed by atoms with van der Waals surface area (Å²) in [5.41, 5.74) is 13.1. The van der Waals surface area contributed by atoms with E-state index in [2.05, 4.69) is 26.3 Å². The molecule has 0 radical (unpaired) electrons. The van der Waals surface area contributed by atoms with E-state index in [1.165, 1.54) is 12.3 Å². The predicted octanol–water partition coefficient (Wildman–Crippen LogP) is 5.99. The van der Waals surface area contributed by atoms with Crippen molar-refractivity contribution in [3.05, 3.63) is 145 Å². The number of cyclic esters (lactones) is 1. The zero-order valence-corrected chi connectivity index (χ0v) is 37.4. The highest BCUT2D eigenvalue weighted by Crippen LogP contribution is 2.47. The topological polar surface area (TPSA) is 229 Å². The molecule has 0 spiro atoms. The fourth-order valence-corrected chi connectivity index (χ4v) is 10.4. The molecule has 16 nitrogen and oxygen atoms in total. The first kappa shape index (κ1) is 44.3. The van der Waals surface area contributed by atoms with Gasteiger partial charge in [0.2, 0.25) is 5.91 Å². The van der Waals surface area contributed by atoms with Gasteiger partial charge >= 0.3 is 18.1 Å². The molecule has 0 bridgehead atoms. The number of carbonyl (C=O) groups excluding carboxylic acids is 4. The highest BCUT2D eigenvalue weighted by Gasteiger charge is 2.46. The van der Waals surface area contributed by atoms with Crippen LogP contribution in [0.1, 0.15) is 94.8 Å². The number of esters is 1. The van der Waals surface area contributed by atoms with Gasteiger partial charge in [0.15, 0.2) is 5.60 Å². The van der Waals surface area contributed by atoms with E-state index in [9.17, 15) is 29.1 Å². The quantitative estimate of drug-likeness (QED) is 0.0581. The second-order valence-electron chi connectivity index (χ2n) is 17.8. The average molecular weight is 921 g/mol. The summed E-state index contributed by atoms with van der Waals surface area (Å²) < 4.78 is 28.0. The molecule has 0 unspecified atom stereocenters. The molecule has 6 aromatic rings. The standard InChI is InChI=1S/C51H49FN8O8/c1-3-51(66)37-19-42-45-34(23-60(42)47(62)36(37)25-67-48(51)63)44-39(17-16-29-26(2)38(52)20-41(58-45)43(29)44)56-21-27-14-15-28(22-55-27)57-46(61)40(13-8-18-54-49(53)64)59-50(65)68-24-35-32-11-6-4-9-30(32)31-10-5-7-12-33(31)35/h4-7,9-12,14-15,19-20,22,35,39-40,56,66H,3,8,13,16-18,21,23-25H2,1-2H3,(H,57,61)(H,59,65)(H3,53,54,64)/t39-,40-,51-/m0/s1. The molecular weight excluding hydrogens is 872 g/mol. The third-order valence-corrected chi connectivity index (χ3v) is 13.9. The number of primary amides is 1. The monoisotopic (exact) mass is 920 g/mol. The van der Waals surface area contributed by atoms with Crippen molar-refractivity contribution in [3.8, 4) is 22.5 Å². The molecule has 5 heterocycles. The molecule has 0 saturated carbocycles. The smallest absolute Gasteiger partial charge is 0.407 e. The van der Waals surface area contributed by atoms with Crippen molar-refractivity contribution >= 4 is 40.6 Å². The minimum Gasteiger partial charge on any atom is -0.458 e. The number of hydrogen-bond acceptors (Lipinski definition) is 11. The Morgan fingerprint density at radius 3 is 2.49 bits per heavy atom. The van der Waals surface area contributed by atoms with Crippen molar-refractivity contribution < 1.29 is 38.1 Å². The number of halogens is 1. The molecule has 2 aliphatic heterocycles. The summed E-state index contributed by atoms with van der Waals surface area (Å²) in [5.74, 6) is -1.87. The number of pyridine rings is 3. The Morgan fingerprint density at radius 2 is 1.78 bits per heavy atom. The Bertz CT molecular complexity index is 3090. The molecule has 348 valence electrons. The minimum absolute atomic E-state index is 0.00515. The second kappa shape index (κ2) is 17.6. The third kappa shape index (κ3) is 7.70. The lowest BCUT2D eigenvalue weighted by Crippen LogP contribution is -2.44. The Hall–Kier alpha value is -7.50. The number of carbonyl (C=O) groups is 4. The molecule has 3 aromatic carbocycles. The zero-order valence-electron chi connectivity index (χ0n) is 37.4. The second-order valence-corrected chi connectivity index (χ2v) is 17.8. The molecule has 3 aromatic heterocycles. The summed E-state index contributed by atoms with van der Waals surface area (Å²) >= 11 is 0. The number of amides is 4. The number of aliphatic hydroxyl groups is 1. The minimum atomic E-state index is -1.99. The maximum atomic E-state index is 15.4. The highest BCUT2D eigenvalue weighted by molar-refractivity contribution is 5.96. The molecule has 7 N–H and O–H groups in total. The predicted molar refractivity (Wildman–Crippen MR) is 249 cm³/mol. The number of benzene rings is 3. The number of nitrogens with zero attached hydrogens (tertiary/aromatic N) is 3. The number of rotatable bonds is 13. The van der Waals surface area contributed by atoms with Crippen LogP contribution in [0.4, 0.5) is 19.7 Å². The molecular formula is C51H49FN8O8. The van der Waals surface area contributed by atoms with Crippen LogP contribution in [0.2, 0.25) is 0 Å². The normalized spacial score (nSPS) is 17.8. The van der Waals surface area contributed by atoms with Crippen LogP contribution in [-0.2, 0) is 50.8 Å². The van der Waals surface area contributed by atoms with Gasteiger partial charge in [0.25, 0.3) is 5.56 Å². The number of alkyl carbamates (subject to hydrolysis) is 1. The summed E-state index contributed by atoms with van der Waals surface area (Å²) in [6, 6.07) is 20.6. The lowest BCUT2D eigenvalue weighted by molar-refractivity contribution is -0.172. The number of nitrogens with two attached hydrogens (primary N) is 1. The lowest BCUT2D eigenvalue weighted by Gasteiger charge is -2.31. The maximum Gasteiger partial charge on any atom is 0.407 e. The van der Waals surface area contributed by atoms with E-state index >= 15 is 4.39 Å². The summed E-state index contributed by atoms with van der Waals surface area (Å²) in [5, 5.41) is 24.0. The van der Waals surface area contributed by atoms with Crippen molar-refractivity contribution in [2.75, 3.05) is 18.5 Å². The van der Waals surface area contributed by atoms with E-state index < -0.39 is 35.6 Å². The van der Waals surface area contributed by atoms with E-state index in [1.807, 2.05) is 48.5 Å². The van der Waals surface area contributed by atoms with Gasteiger partial charge < -0.3 is 46.1 Å². The highest BCUT2D eigenvalue weighted by atomic mass is 19.1. The van der Waals surface area contributed by atoms with Crippen LogP contribution < -0.4 is 32.6 Å². The van der Waals surface area contributed by atoms with Gasteiger partial charge in [0, 0.05) is 47.6 Å². The largest absolute Gasteiger partial charge is 0.458 e. The molecule has 10 rings (SSSR count). The fraction of sp³-hybridized carbons (Fsp3) is 0.314. The number of urea groups is 1. The molecule has 17 heteroatoms. The van der Waals surface area contributed by atoms with Crippen molar-refractivity contribution in [1.82, 2.24) is 30.5 Å². The van der Waals surface area contributed by atoms with E-state index in [0.717, 1.165) is 44.3 Å². The van der Waals surface area contributed by atoms with E-state index in [0.29, 0.717) is 59.7 Å².